The molecule has 0 aromatic heterocycles. The fourth-order valence-electron chi connectivity index (χ4n) is 3.86. The van der Waals surface area contributed by atoms with E-state index in [-0.39, 0.29) is 27.7 Å². The van der Waals surface area contributed by atoms with Gasteiger partial charge in [0.1, 0.15) is 28.6 Å². The van der Waals surface area contributed by atoms with E-state index in [1.807, 2.05) is 18.2 Å². The standard InChI is InChI=1S/C29H18FN3O6S/c30-19-5-4-8-23(17-19)39-26-14-9-18(16-25(26)33(36)37)15-24-27(34)31-29(40)32(28(24)35)20-10-12-22(13-11-20)38-21-6-2-1-3-7-21/h1-17H,(H,31,34,40). The Bertz CT molecular complexity index is 1680. The lowest BCUT2D eigenvalue weighted by molar-refractivity contribution is -0.385. The maximum atomic E-state index is 13.5. The molecule has 4 aromatic carbocycles. The van der Waals surface area contributed by atoms with Crippen LogP contribution in [0.2, 0.25) is 0 Å². The Kier molecular flexibility index (Phi) is 7.29. The maximum Gasteiger partial charge on any atom is 0.312 e. The van der Waals surface area contributed by atoms with Crippen LogP contribution < -0.4 is 19.7 Å². The minimum absolute atomic E-state index is 0.0698. The summed E-state index contributed by atoms with van der Waals surface area (Å²) in [7, 11) is 0. The normalized spacial score (nSPS) is 14.2. The molecule has 0 spiro atoms. The molecule has 0 bridgehead atoms. The summed E-state index contributed by atoms with van der Waals surface area (Å²) >= 11 is 5.24. The van der Waals surface area contributed by atoms with E-state index in [0.29, 0.717) is 17.2 Å². The number of nitrogens with zero attached hydrogens (tertiary/aromatic N) is 2. The second kappa shape index (κ2) is 11.1. The van der Waals surface area contributed by atoms with Gasteiger partial charge >= 0.3 is 5.69 Å². The van der Waals surface area contributed by atoms with Crippen molar-refractivity contribution in [3.8, 4) is 23.0 Å². The van der Waals surface area contributed by atoms with Gasteiger partial charge in [0, 0.05) is 12.1 Å². The molecule has 0 radical (unpaired) electrons. The zero-order chi connectivity index (χ0) is 28.2. The monoisotopic (exact) mass is 555 g/mol. The van der Waals surface area contributed by atoms with Crippen molar-refractivity contribution < 1.29 is 28.4 Å². The van der Waals surface area contributed by atoms with Crippen LogP contribution in [0.3, 0.4) is 0 Å². The summed E-state index contributed by atoms with van der Waals surface area (Å²) in [5.41, 5.74) is -0.155. The number of thiocarbonyl (C=S) groups is 1. The fourth-order valence-corrected chi connectivity index (χ4v) is 4.14. The number of carbonyl (C=O) groups is 2. The van der Waals surface area contributed by atoms with Gasteiger partial charge in [0.05, 0.1) is 10.6 Å². The van der Waals surface area contributed by atoms with Crippen LogP contribution in [-0.4, -0.2) is 21.9 Å². The highest BCUT2D eigenvalue weighted by atomic mass is 32.1. The lowest BCUT2D eigenvalue weighted by atomic mass is 10.1. The van der Waals surface area contributed by atoms with Gasteiger partial charge in [0.25, 0.3) is 11.8 Å². The van der Waals surface area contributed by atoms with E-state index in [1.54, 1.807) is 36.4 Å². The number of rotatable bonds is 7. The molecule has 198 valence electrons. The third-order valence-corrected chi connectivity index (χ3v) is 5.97. The SMILES string of the molecule is O=C1NC(=S)N(c2ccc(Oc3ccccc3)cc2)C(=O)C1=Cc1ccc(Oc2cccc(F)c2)c([N+](=O)[O-])c1. The number of halogens is 1. The molecule has 1 aliphatic heterocycles. The topological polar surface area (TPSA) is 111 Å². The van der Waals surface area contributed by atoms with E-state index in [9.17, 15) is 24.1 Å². The van der Waals surface area contributed by atoms with Crippen LogP contribution in [0, 0.1) is 15.9 Å². The number of anilines is 1. The number of nitro groups is 1. The molecule has 2 amide bonds. The summed E-state index contributed by atoms with van der Waals surface area (Å²) in [6, 6.07) is 24.7. The molecule has 0 atom stereocenters. The van der Waals surface area contributed by atoms with Crippen LogP contribution in [0.4, 0.5) is 15.8 Å². The van der Waals surface area contributed by atoms with Crippen LogP contribution in [0.1, 0.15) is 5.56 Å². The molecule has 4 aromatic rings. The molecule has 1 fully saturated rings. The molecular weight excluding hydrogens is 537 g/mol. The van der Waals surface area contributed by atoms with Gasteiger partial charge < -0.3 is 9.47 Å². The predicted octanol–water partition coefficient (Wildman–Crippen LogP) is 6.15. The van der Waals surface area contributed by atoms with Crippen molar-refractivity contribution in [1.29, 1.82) is 0 Å². The number of carbonyl (C=O) groups excluding carboxylic acids is 2. The van der Waals surface area contributed by atoms with Gasteiger partial charge in [-0.3, -0.25) is 29.9 Å². The lowest BCUT2D eigenvalue weighted by Gasteiger charge is -2.29. The first-order valence-corrected chi connectivity index (χ1v) is 12.2. The Morgan fingerprint density at radius 2 is 1.55 bits per heavy atom. The molecule has 1 saturated heterocycles. The first-order chi connectivity index (χ1) is 19.3. The minimum atomic E-state index is -0.752. The average Bonchev–Trinajstić information content (AvgIpc) is 2.93. The van der Waals surface area contributed by atoms with Crippen molar-refractivity contribution in [3.05, 3.63) is 124 Å². The second-order valence-electron chi connectivity index (χ2n) is 8.41. The molecule has 0 aliphatic carbocycles. The molecule has 11 heteroatoms. The van der Waals surface area contributed by atoms with Crippen molar-refractivity contribution in [2.45, 2.75) is 0 Å². The molecule has 0 saturated carbocycles. The highest BCUT2D eigenvalue weighted by Gasteiger charge is 2.34. The third kappa shape index (κ3) is 5.69. The molecular formula is C29H18FN3O6S. The Morgan fingerprint density at radius 1 is 0.850 bits per heavy atom. The van der Waals surface area contributed by atoms with Gasteiger partial charge in [-0.1, -0.05) is 30.3 Å². The van der Waals surface area contributed by atoms with E-state index in [1.165, 1.54) is 36.4 Å². The van der Waals surface area contributed by atoms with Crippen molar-refractivity contribution in [1.82, 2.24) is 5.32 Å². The molecule has 0 unspecified atom stereocenters. The van der Waals surface area contributed by atoms with Crippen LogP contribution in [0.5, 0.6) is 23.0 Å². The number of amides is 2. The van der Waals surface area contributed by atoms with Gasteiger partial charge in [-0.15, -0.1) is 0 Å². The average molecular weight is 556 g/mol. The summed E-state index contributed by atoms with van der Waals surface area (Å²) < 4.78 is 24.8. The van der Waals surface area contributed by atoms with Gasteiger partial charge in [0.2, 0.25) is 5.75 Å². The Hall–Kier alpha value is -5.42. The van der Waals surface area contributed by atoms with Crippen LogP contribution in [0.15, 0.2) is 103 Å². The Balaban J connectivity index is 1.41. The van der Waals surface area contributed by atoms with Crippen molar-refractivity contribution in [2.75, 3.05) is 4.90 Å². The maximum absolute atomic E-state index is 13.5. The third-order valence-electron chi connectivity index (χ3n) is 5.69. The Labute approximate surface area is 232 Å². The lowest BCUT2D eigenvalue weighted by Crippen LogP contribution is -2.54. The number of ether oxygens (including phenoxy) is 2. The summed E-state index contributed by atoms with van der Waals surface area (Å²) in [6.07, 6.45) is 1.22. The smallest absolute Gasteiger partial charge is 0.312 e. The summed E-state index contributed by atoms with van der Waals surface area (Å²) in [6.45, 7) is 0. The fraction of sp³-hybridized carbons (Fsp3) is 0. The first-order valence-electron chi connectivity index (χ1n) is 11.7. The molecule has 1 N–H and O–H groups in total. The zero-order valence-electron chi connectivity index (χ0n) is 20.4. The van der Waals surface area contributed by atoms with E-state index in [4.69, 9.17) is 21.7 Å². The Morgan fingerprint density at radius 3 is 2.25 bits per heavy atom. The summed E-state index contributed by atoms with van der Waals surface area (Å²) in [5.74, 6) is -0.940. The van der Waals surface area contributed by atoms with Crippen LogP contribution in [-0.2, 0) is 9.59 Å². The highest BCUT2D eigenvalue weighted by molar-refractivity contribution is 7.80. The van der Waals surface area contributed by atoms with Crippen LogP contribution in [0.25, 0.3) is 6.08 Å². The highest BCUT2D eigenvalue weighted by Crippen LogP contribution is 2.34. The quantitative estimate of drug-likeness (QED) is 0.0957. The van der Waals surface area contributed by atoms with E-state index in [0.717, 1.165) is 17.0 Å². The molecule has 5 rings (SSSR count). The first kappa shape index (κ1) is 26.2. The van der Waals surface area contributed by atoms with E-state index in [2.05, 4.69) is 5.32 Å². The number of hydrogen-bond acceptors (Lipinski definition) is 7. The second-order valence-corrected chi connectivity index (χ2v) is 8.80. The van der Waals surface area contributed by atoms with Gasteiger partial charge in [-0.25, -0.2) is 4.39 Å². The van der Waals surface area contributed by atoms with Crippen LogP contribution >= 0.6 is 12.2 Å². The molecule has 9 nitrogen and oxygen atoms in total. The number of benzene rings is 4. The van der Waals surface area contributed by atoms with Gasteiger partial charge in [0.15, 0.2) is 5.11 Å². The largest absolute Gasteiger partial charge is 0.457 e. The molecule has 40 heavy (non-hydrogen) atoms. The van der Waals surface area contributed by atoms with E-state index >= 15 is 0 Å². The van der Waals surface area contributed by atoms with E-state index < -0.39 is 28.2 Å². The van der Waals surface area contributed by atoms with Crippen molar-refractivity contribution >= 4 is 46.6 Å². The van der Waals surface area contributed by atoms with Crippen molar-refractivity contribution in [3.63, 3.8) is 0 Å². The molecule has 1 aliphatic rings. The summed E-state index contributed by atoms with van der Waals surface area (Å²) in [5, 5.41) is 14.1. The number of hydrogen-bond donors (Lipinski definition) is 1. The minimum Gasteiger partial charge on any atom is -0.457 e. The number of para-hydroxylation sites is 1. The van der Waals surface area contributed by atoms with Gasteiger partial charge in [-0.2, -0.15) is 0 Å². The predicted molar refractivity (Wildman–Crippen MR) is 149 cm³/mol. The van der Waals surface area contributed by atoms with Gasteiger partial charge in [-0.05, 0) is 78.5 Å². The number of nitro benzene ring substituents is 1. The summed E-state index contributed by atoms with van der Waals surface area (Å²) in [4.78, 5) is 38.2. The zero-order valence-corrected chi connectivity index (χ0v) is 21.3. The molecule has 1 heterocycles. The number of nitrogens with one attached hydrogen (secondary N) is 1. The van der Waals surface area contributed by atoms with Crippen molar-refractivity contribution in [2.24, 2.45) is 0 Å².